The number of benzene rings is 3. The maximum Gasteiger partial charge on any atom is 0.255 e. The molecular weight excluding hydrogens is 250 g/mol. The monoisotopic (exact) mass is 263 g/mol. The molecule has 0 bridgehead atoms. The minimum absolute atomic E-state index is 0.112. The van der Waals surface area contributed by atoms with Gasteiger partial charge < -0.3 is 10.4 Å². The van der Waals surface area contributed by atoms with E-state index in [0.717, 1.165) is 16.5 Å². The zero-order valence-corrected chi connectivity index (χ0v) is 10.7. The fourth-order valence-corrected chi connectivity index (χ4v) is 2.15. The lowest BCUT2D eigenvalue weighted by molar-refractivity contribution is 0.102. The van der Waals surface area contributed by atoms with Crippen LogP contribution in [0, 0.1) is 0 Å². The number of nitrogens with one attached hydrogen (secondary N) is 1. The Morgan fingerprint density at radius 1 is 0.900 bits per heavy atom. The molecule has 0 fully saturated rings. The van der Waals surface area contributed by atoms with Crippen LogP contribution in [-0.4, -0.2) is 11.0 Å². The normalized spacial score (nSPS) is 10.4. The molecule has 1 amide bonds. The van der Waals surface area contributed by atoms with Gasteiger partial charge in [-0.1, -0.05) is 42.5 Å². The third-order valence-corrected chi connectivity index (χ3v) is 3.13. The summed E-state index contributed by atoms with van der Waals surface area (Å²) >= 11 is 0. The van der Waals surface area contributed by atoms with Crippen LogP contribution in [0.4, 0.5) is 5.69 Å². The number of hydrogen-bond donors (Lipinski definition) is 2. The molecule has 0 unspecified atom stereocenters. The number of aromatic hydroxyl groups is 1. The summed E-state index contributed by atoms with van der Waals surface area (Å²) in [4.78, 5) is 12.2. The van der Waals surface area contributed by atoms with Gasteiger partial charge in [0.05, 0.1) is 0 Å². The molecule has 0 saturated carbocycles. The Morgan fingerprint density at radius 2 is 1.60 bits per heavy atom. The molecule has 0 aliphatic rings. The van der Waals surface area contributed by atoms with Crippen LogP contribution in [-0.2, 0) is 0 Å². The first-order valence-electron chi connectivity index (χ1n) is 6.32. The molecule has 0 atom stereocenters. The number of carbonyl (C=O) groups excluding carboxylic acids is 1. The number of hydrogen-bond acceptors (Lipinski definition) is 2. The average molecular weight is 263 g/mol. The number of carbonyl (C=O) groups is 1. The van der Waals surface area contributed by atoms with E-state index in [-0.39, 0.29) is 11.7 Å². The first-order chi connectivity index (χ1) is 9.74. The molecule has 3 nitrogen and oxygen atoms in total. The van der Waals surface area contributed by atoms with Gasteiger partial charge in [-0.2, -0.15) is 0 Å². The van der Waals surface area contributed by atoms with Crippen molar-refractivity contribution in [2.75, 3.05) is 5.32 Å². The molecule has 0 radical (unpaired) electrons. The van der Waals surface area contributed by atoms with Gasteiger partial charge in [0.15, 0.2) is 0 Å². The molecule has 2 N–H and O–H groups in total. The van der Waals surface area contributed by atoms with Crippen molar-refractivity contribution in [2.45, 2.75) is 0 Å². The first kappa shape index (κ1) is 12.2. The van der Waals surface area contributed by atoms with Gasteiger partial charge in [-0.05, 0) is 29.7 Å². The number of phenols is 1. The van der Waals surface area contributed by atoms with Gasteiger partial charge in [0.25, 0.3) is 5.91 Å². The Balaban J connectivity index is 1.96. The third-order valence-electron chi connectivity index (χ3n) is 3.13. The highest BCUT2D eigenvalue weighted by atomic mass is 16.3. The second-order valence-corrected chi connectivity index (χ2v) is 4.54. The highest BCUT2D eigenvalue weighted by Gasteiger charge is 2.09. The zero-order chi connectivity index (χ0) is 13.9. The molecule has 0 aliphatic carbocycles. The number of fused-ring (bicyclic) bond motifs is 1. The summed E-state index contributed by atoms with van der Waals surface area (Å²) in [6.07, 6.45) is 0. The Morgan fingerprint density at radius 3 is 2.40 bits per heavy atom. The standard InChI is InChI=1S/C17H13NO2/c19-16-11-13(10-12-6-4-5-9-15(12)16)17(20)18-14-7-2-1-3-8-14/h1-11,19H,(H,18,20). The van der Waals surface area contributed by atoms with Gasteiger partial charge in [-0.3, -0.25) is 4.79 Å². The fourth-order valence-electron chi connectivity index (χ4n) is 2.15. The number of anilines is 1. The Kier molecular flexibility index (Phi) is 3.09. The van der Waals surface area contributed by atoms with E-state index in [2.05, 4.69) is 5.32 Å². The fraction of sp³-hybridized carbons (Fsp3) is 0. The zero-order valence-electron chi connectivity index (χ0n) is 10.7. The highest BCUT2D eigenvalue weighted by molar-refractivity contribution is 6.07. The molecule has 0 aromatic heterocycles. The lowest BCUT2D eigenvalue weighted by Crippen LogP contribution is -2.11. The average Bonchev–Trinajstić information content (AvgIpc) is 2.48. The molecule has 3 aromatic carbocycles. The second kappa shape index (κ2) is 5.05. The molecule has 0 saturated heterocycles. The van der Waals surface area contributed by atoms with E-state index in [9.17, 15) is 9.90 Å². The van der Waals surface area contributed by atoms with Crippen molar-refractivity contribution in [1.82, 2.24) is 0 Å². The topological polar surface area (TPSA) is 49.3 Å². The molecule has 98 valence electrons. The van der Waals surface area contributed by atoms with Crippen LogP contribution in [0.5, 0.6) is 5.75 Å². The molecule has 0 heterocycles. The van der Waals surface area contributed by atoms with E-state index in [0.29, 0.717) is 5.56 Å². The lowest BCUT2D eigenvalue weighted by Gasteiger charge is -2.07. The van der Waals surface area contributed by atoms with Crippen molar-refractivity contribution in [3.8, 4) is 5.75 Å². The van der Waals surface area contributed by atoms with Crippen molar-refractivity contribution in [2.24, 2.45) is 0 Å². The van der Waals surface area contributed by atoms with Crippen LogP contribution in [0.15, 0.2) is 66.7 Å². The predicted octanol–water partition coefficient (Wildman–Crippen LogP) is 3.80. The van der Waals surface area contributed by atoms with Gasteiger partial charge in [0.2, 0.25) is 0 Å². The van der Waals surface area contributed by atoms with Gasteiger partial charge in [0.1, 0.15) is 5.75 Å². The molecule has 0 aliphatic heterocycles. The highest BCUT2D eigenvalue weighted by Crippen LogP contribution is 2.26. The first-order valence-corrected chi connectivity index (χ1v) is 6.32. The van der Waals surface area contributed by atoms with Crippen LogP contribution in [0.3, 0.4) is 0 Å². The summed E-state index contributed by atoms with van der Waals surface area (Å²) in [5.74, 6) is -0.126. The van der Waals surface area contributed by atoms with Crippen LogP contribution < -0.4 is 5.32 Å². The second-order valence-electron chi connectivity index (χ2n) is 4.54. The molecular formula is C17H13NO2. The summed E-state index contributed by atoms with van der Waals surface area (Å²) < 4.78 is 0. The van der Waals surface area contributed by atoms with Crippen LogP contribution in [0.25, 0.3) is 10.8 Å². The smallest absolute Gasteiger partial charge is 0.255 e. The van der Waals surface area contributed by atoms with Gasteiger partial charge >= 0.3 is 0 Å². The molecule has 0 spiro atoms. The van der Waals surface area contributed by atoms with Crippen molar-refractivity contribution in [3.63, 3.8) is 0 Å². The largest absolute Gasteiger partial charge is 0.507 e. The Hall–Kier alpha value is -2.81. The van der Waals surface area contributed by atoms with E-state index in [4.69, 9.17) is 0 Å². The lowest BCUT2D eigenvalue weighted by atomic mass is 10.1. The molecule has 3 aromatic rings. The van der Waals surface area contributed by atoms with Crippen LogP contribution >= 0.6 is 0 Å². The van der Waals surface area contributed by atoms with E-state index in [1.54, 1.807) is 6.07 Å². The summed E-state index contributed by atoms with van der Waals surface area (Å²) in [6.45, 7) is 0. The Bertz CT molecular complexity index is 766. The van der Waals surface area contributed by atoms with E-state index in [1.807, 2.05) is 54.6 Å². The minimum Gasteiger partial charge on any atom is -0.507 e. The van der Waals surface area contributed by atoms with E-state index in [1.165, 1.54) is 6.07 Å². The maximum absolute atomic E-state index is 12.2. The van der Waals surface area contributed by atoms with Crippen LogP contribution in [0.2, 0.25) is 0 Å². The van der Waals surface area contributed by atoms with Crippen molar-refractivity contribution < 1.29 is 9.90 Å². The van der Waals surface area contributed by atoms with Crippen LogP contribution in [0.1, 0.15) is 10.4 Å². The summed E-state index contributed by atoms with van der Waals surface area (Å²) in [6, 6.07) is 19.9. The summed E-state index contributed by atoms with van der Waals surface area (Å²) in [5.41, 5.74) is 1.16. The number of amides is 1. The Labute approximate surface area is 116 Å². The number of para-hydroxylation sites is 1. The number of rotatable bonds is 2. The van der Waals surface area contributed by atoms with Gasteiger partial charge in [0, 0.05) is 16.6 Å². The summed E-state index contributed by atoms with van der Waals surface area (Å²) in [7, 11) is 0. The van der Waals surface area contributed by atoms with Crippen molar-refractivity contribution >= 4 is 22.4 Å². The predicted molar refractivity (Wildman–Crippen MR) is 80.0 cm³/mol. The van der Waals surface area contributed by atoms with Gasteiger partial charge in [-0.25, -0.2) is 0 Å². The molecule has 3 heteroatoms. The van der Waals surface area contributed by atoms with Crippen molar-refractivity contribution in [3.05, 3.63) is 72.3 Å². The molecule has 20 heavy (non-hydrogen) atoms. The quantitative estimate of drug-likeness (QED) is 0.738. The van der Waals surface area contributed by atoms with Gasteiger partial charge in [-0.15, -0.1) is 0 Å². The van der Waals surface area contributed by atoms with Crippen molar-refractivity contribution in [1.29, 1.82) is 0 Å². The molecule has 3 rings (SSSR count). The summed E-state index contributed by atoms with van der Waals surface area (Å²) in [5, 5.41) is 14.4. The third kappa shape index (κ3) is 2.34. The number of phenolic OH excluding ortho intramolecular Hbond substituents is 1. The maximum atomic E-state index is 12.2. The SMILES string of the molecule is O=C(Nc1ccccc1)c1cc(O)c2ccccc2c1. The van der Waals surface area contributed by atoms with E-state index >= 15 is 0 Å². The minimum atomic E-state index is -0.239. The van der Waals surface area contributed by atoms with E-state index < -0.39 is 0 Å².